The maximum Gasteiger partial charge on any atom is 0.129 e. The van der Waals surface area contributed by atoms with Crippen molar-refractivity contribution in [2.75, 3.05) is 24.5 Å². The molecule has 2 atom stereocenters. The average Bonchev–Trinajstić information content (AvgIpc) is 2.41. The maximum absolute atomic E-state index is 4.74. The Morgan fingerprint density at radius 1 is 1.30 bits per heavy atom. The molecule has 0 amide bonds. The third kappa shape index (κ3) is 3.95. The summed E-state index contributed by atoms with van der Waals surface area (Å²) >= 11 is 0. The second-order valence-electron chi connectivity index (χ2n) is 6.34. The molecule has 0 aliphatic carbocycles. The maximum atomic E-state index is 4.74. The van der Waals surface area contributed by atoms with Crippen LogP contribution in [0.25, 0.3) is 0 Å². The molecule has 0 aromatic carbocycles. The van der Waals surface area contributed by atoms with Gasteiger partial charge in [0, 0.05) is 25.3 Å². The first-order valence-corrected chi connectivity index (χ1v) is 8.03. The number of rotatable bonds is 5. The Kier molecular flexibility index (Phi) is 5.41. The van der Waals surface area contributed by atoms with Crippen LogP contribution >= 0.6 is 0 Å². The van der Waals surface area contributed by atoms with E-state index in [1.165, 1.54) is 18.4 Å². The van der Waals surface area contributed by atoms with Crippen molar-refractivity contribution >= 4 is 5.82 Å². The number of nitrogens with zero attached hydrogens (tertiary/aromatic N) is 2. The summed E-state index contributed by atoms with van der Waals surface area (Å²) in [5, 5.41) is 3.48. The molecule has 0 spiro atoms. The van der Waals surface area contributed by atoms with Crippen molar-refractivity contribution in [3.63, 3.8) is 0 Å². The van der Waals surface area contributed by atoms with Gasteiger partial charge in [-0.2, -0.15) is 0 Å². The zero-order valence-corrected chi connectivity index (χ0v) is 13.4. The monoisotopic (exact) mass is 275 g/mol. The zero-order valence-electron chi connectivity index (χ0n) is 13.4. The summed E-state index contributed by atoms with van der Waals surface area (Å²) < 4.78 is 0. The molecule has 3 heteroatoms. The number of aromatic nitrogens is 1. The van der Waals surface area contributed by atoms with Crippen LogP contribution in [0.3, 0.4) is 0 Å². The van der Waals surface area contributed by atoms with Gasteiger partial charge in [0.25, 0.3) is 0 Å². The lowest BCUT2D eigenvalue weighted by Crippen LogP contribution is -2.39. The SMILES string of the molecule is CCCNCc1cc(C)nc(N2CCC(C)C(C)C2)c1. The molecule has 2 heterocycles. The second kappa shape index (κ2) is 7.07. The summed E-state index contributed by atoms with van der Waals surface area (Å²) in [6, 6.07) is 4.46. The first-order chi connectivity index (χ1) is 9.60. The van der Waals surface area contributed by atoms with Gasteiger partial charge >= 0.3 is 0 Å². The molecule has 0 saturated carbocycles. The summed E-state index contributed by atoms with van der Waals surface area (Å²) in [7, 11) is 0. The molecule has 2 rings (SSSR count). The van der Waals surface area contributed by atoms with Gasteiger partial charge in [0.15, 0.2) is 0 Å². The van der Waals surface area contributed by atoms with Crippen LogP contribution in [0.4, 0.5) is 5.82 Å². The van der Waals surface area contributed by atoms with Crippen LogP contribution in [-0.4, -0.2) is 24.6 Å². The molecule has 3 nitrogen and oxygen atoms in total. The molecule has 0 bridgehead atoms. The topological polar surface area (TPSA) is 28.2 Å². The van der Waals surface area contributed by atoms with Crippen molar-refractivity contribution < 1.29 is 0 Å². The molecule has 1 fully saturated rings. The van der Waals surface area contributed by atoms with E-state index in [-0.39, 0.29) is 0 Å². The van der Waals surface area contributed by atoms with Crippen molar-refractivity contribution in [2.45, 2.75) is 47.1 Å². The van der Waals surface area contributed by atoms with Crippen molar-refractivity contribution in [3.05, 3.63) is 23.4 Å². The highest BCUT2D eigenvalue weighted by Gasteiger charge is 2.23. The van der Waals surface area contributed by atoms with E-state index in [1.54, 1.807) is 0 Å². The first-order valence-electron chi connectivity index (χ1n) is 8.03. The Bertz CT molecular complexity index is 430. The van der Waals surface area contributed by atoms with Crippen molar-refractivity contribution in [1.82, 2.24) is 10.3 Å². The van der Waals surface area contributed by atoms with Gasteiger partial charge < -0.3 is 10.2 Å². The Morgan fingerprint density at radius 2 is 2.10 bits per heavy atom. The standard InChI is InChI=1S/C17H29N3/c1-5-7-18-11-16-9-15(4)19-17(10-16)20-8-6-13(2)14(3)12-20/h9-10,13-14,18H,5-8,11-12H2,1-4H3. The van der Waals surface area contributed by atoms with Gasteiger partial charge in [-0.05, 0) is 55.8 Å². The lowest BCUT2D eigenvalue weighted by molar-refractivity contribution is 0.322. The third-order valence-electron chi connectivity index (χ3n) is 4.41. The zero-order chi connectivity index (χ0) is 14.5. The third-order valence-corrected chi connectivity index (χ3v) is 4.41. The van der Waals surface area contributed by atoms with E-state index in [0.717, 1.165) is 49.5 Å². The summed E-state index contributed by atoms with van der Waals surface area (Å²) in [6.45, 7) is 13.3. The fourth-order valence-corrected chi connectivity index (χ4v) is 2.87. The molecule has 1 aliphatic rings. The summed E-state index contributed by atoms with van der Waals surface area (Å²) in [6.07, 6.45) is 2.46. The molecule has 1 aromatic rings. The molecule has 1 saturated heterocycles. The fourth-order valence-electron chi connectivity index (χ4n) is 2.87. The van der Waals surface area contributed by atoms with E-state index >= 15 is 0 Å². The number of hydrogen-bond donors (Lipinski definition) is 1. The fraction of sp³-hybridized carbons (Fsp3) is 0.706. The number of piperidine rings is 1. The second-order valence-corrected chi connectivity index (χ2v) is 6.34. The van der Waals surface area contributed by atoms with Gasteiger partial charge in [-0.3, -0.25) is 0 Å². The van der Waals surface area contributed by atoms with E-state index < -0.39 is 0 Å². The Labute approximate surface area is 123 Å². The quantitative estimate of drug-likeness (QED) is 0.835. The number of hydrogen-bond acceptors (Lipinski definition) is 3. The van der Waals surface area contributed by atoms with E-state index in [2.05, 4.69) is 50.0 Å². The smallest absolute Gasteiger partial charge is 0.129 e. The molecule has 1 aromatic heterocycles. The highest BCUT2D eigenvalue weighted by Crippen LogP contribution is 2.26. The molecule has 112 valence electrons. The van der Waals surface area contributed by atoms with E-state index in [1.807, 2.05) is 0 Å². The molecule has 2 unspecified atom stereocenters. The van der Waals surface area contributed by atoms with E-state index in [4.69, 9.17) is 4.98 Å². The van der Waals surface area contributed by atoms with Crippen LogP contribution in [0.2, 0.25) is 0 Å². The largest absolute Gasteiger partial charge is 0.356 e. The minimum atomic E-state index is 0.757. The Balaban J connectivity index is 2.07. The molecular formula is C17H29N3. The van der Waals surface area contributed by atoms with Crippen LogP contribution in [0.5, 0.6) is 0 Å². The van der Waals surface area contributed by atoms with Gasteiger partial charge in [-0.1, -0.05) is 20.8 Å². The van der Waals surface area contributed by atoms with E-state index in [0.29, 0.717) is 0 Å². The summed E-state index contributed by atoms with van der Waals surface area (Å²) in [5.74, 6) is 2.76. The first kappa shape index (κ1) is 15.3. The Morgan fingerprint density at radius 3 is 2.80 bits per heavy atom. The highest BCUT2D eigenvalue weighted by molar-refractivity contribution is 5.43. The van der Waals surface area contributed by atoms with Gasteiger partial charge in [-0.15, -0.1) is 0 Å². The molecular weight excluding hydrogens is 246 g/mol. The molecule has 1 N–H and O–H groups in total. The summed E-state index contributed by atoms with van der Waals surface area (Å²) in [4.78, 5) is 7.20. The van der Waals surface area contributed by atoms with Gasteiger partial charge in [0.1, 0.15) is 5.82 Å². The van der Waals surface area contributed by atoms with Crippen LogP contribution in [0.1, 0.15) is 44.9 Å². The van der Waals surface area contributed by atoms with Crippen LogP contribution < -0.4 is 10.2 Å². The highest BCUT2D eigenvalue weighted by atomic mass is 15.2. The van der Waals surface area contributed by atoms with Gasteiger partial charge in [0.2, 0.25) is 0 Å². The predicted molar refractivity (Wildman–Crippen MR) is 86.1 cm³/mol. The summed E-state index contributed by atoms with van der Waals surface area (Å²) in [5.41, 5.74) is 2.48. The lowest BCUT2D eigenvalue weighted by Gasteiger charge is -2.36. The number of anilines is 1. The van der Waals surface area contributed by atoms with E-state index in [9.17, 15) is 0 Å². The minimum Gasteiger partial charge on any atom is -0.356 e. The van der Waals surface area contributed by atoms with Crippen molar-refractivity contribution in [2.24, 2.45) is 11.8 Å². The van der Waals surface area contributed by atoms with Crippen molar-refractivity contribution in [3.8, 4) is 0 Å². The molecule has 20 heavy (non-hydrogen) atoms. The molecule has 0 radical (unpaired) electrons. The Hall–Kier alpha value is -1.09. The van der Waals surface area contributed by atoms with Crippen LogP contribution in [0, 0.1) is 18.8 Å². The lowest BCUT2D eigenvalue weighted by atomic mass is 9.89. The molecule has 1 aliphatic heterocycles. The predicted octanol–water partition coefficient (Wildman–Crippen LogP) is 3.37. The van der Waals surface area contributed by atoms with Crippen LogP contribution in [0.15, 0.2) is 12.1 Å². The number of nitrogens with one attached hydrogen (secondary N) is 1. The number of aryl methyl sites for hydroxylation is 1. The van der Waals surface area contributed by atoms with Gasteiger partial charge in [-0.25, -0.2) is 4.98 Å². The minimum absolute atomic E-state index is 0.757. The van der Waals surface area contributed by atoms with Gasteiger partial charge in [0.05, 0.1) is 0 Å². The van der Waals surface area contributed by atoms with Crippen molar-refractivity contribution in [1.29, 1.82) is 0 Å². The van der Waals surface area contributed by atoms with Crippen LogP contribution in [-0.2, 0) is 6.54 Å². The number of pyridine rings is 1. The normalized spacial score (nSPS) is 23.1. The average molecular weight is 275 g/mol.